The Morgan fingerprint density at radius 2 is 2.10 bits per heavy atom. The van der Waals surface area contributed by atoms with Crippen LogP contribution in [0, 0.1) is 5.92 Å². The molecule has 1 aliphatic heterocycles. The molecule has 1 rings (SSSR count). The summed E-state index contributed by atoms with van der Waals surface area (Å²) in [5.41, 5.74) is 0. The quantitative estimate of drug-likeness (QED) is 0.553. The first-order valence-corrected chi connectivity index (χ1v) is 3.77. The van der Waals surface area contributed by atoms with Crippen molar-refractivity contribution in [2.75, 3.05) is 0 Å². The molecule has 1 heterocycles. The molecule has 1 fully saturated rings. The lowest BCUT2D eigenvalue weighted by atomic mass is 10.0. The highest BCUT2D eigenvalue weighted by atomic mass is 16.5. The molecule has 0 aromatic carbocycles. The van der Waals surface area contributed by atoms with Crippen molar-refractivity contribution in [3.05, 3.63) is 0 Å². The van der Waals surface area contributed by atoms with Crippen LogP contribution in [-0.4, -0.2) is 18.0 Å². The third kappa shape index (κ3) is 1.37. The van der Waals surface area contributed by atoms with E-state index in [4.69, 9.17) is 4.74 Å². The van der Waals surface area contributed by atoms with E-state index < -0.39 is 0 Å². The zero-order chi connectivity index (χ0) is 7.72. The van der Waals surface area contributed by atoms with Gasteiger partial charge in [-0.05, 0) is 26.2 Å². The van der Waals surface area contributed by atoms with Gasteiger partial charge in [0.15, 0.2) is 5.78 Å². The van der Waals surface area contributed by atoms with Crippen molar-refractivity contribution < 1.29 is 9.53 Å². The monoisotopic (exact) mass is 142 g/mol. The number of ether oxygens (including phenoxy) is 1. The lowest BCUT2D eigenvalue weighted by molar-refractivity contribution is -0.127. The zero-order valence-electron chi connectivity index (χ0n) is 6.76. The molecule has 0 N–H and O–H groups in total. The summed E-state index contributed by atoms with van der Waals surface area (Å²) < 4.78 is 5.39. The topological polar surface area (TPSA) is 26.3 Å². The molecule has 0 bridgehead atoms. The fraction of sp³-hybridized carbons (Fsp3) is 0.875. The van der Waals surface area contributed by atoms with Crippen molar-refractivity contribution in [1.82, 2.24) is 0 Å². The number of carbonyl (C=O) groups is 1. The molecular formula is C8H14O2. The minimum Gasteiger partial charge on any atom is -0.367 e. The first-order chi connectivity index (χ1) is 4.61. The number of hydrogen-bond donors (Lipinski definition) is 0. The van der Waals surface area contributed by atoms with Crippen LogP contribution in [0.4, 0.5) is 0 Å². The highest BCUT2D eigenvalue weighted by Crippen LogP contribution is 2.25. The van der Waals surface area contributed by atoms with Gasteiger partial charge in [0, 0.05) is 0 Å². The van der Waals surface area contributed by atoms with E-state index in [2.05, 4.69) is 6.92 Å². The molecule has 0 spiro atoms. The number of Topliss-reactive ketones (excluding diaryl/α,β-unsaturated/α-hetero) is 1. The summed E-state index contributed by atoms with van der Waals surface area (Å²) in [6.45, 7) is 5.73. The minimum absolute atomic E-state index is 0.120. The van der Waals surface area contributed by atoms with Crippen LogP contribution in [-0.2, 0) is 9.53 Å². The summed E-state index contributed by atoms with van der Waals surface area (Å²) in [5, 5.41) is 0. The fourth-order valence-corrected chi connectivity index (χ4v) is 1.24. The van der Waals surface area contributed by atoms with Crippen LogP contribution in [0.2, 0.25) is 0 Å². The van der Waals surface area contributed by atoms with Gasteiger partial charge in [-0.3, -0.25) is 4.79 Å². The average Bonchev–Trinajstić information content (AvgIpc) is 2.13. The highest BCUT2D eigenvalue weighted by molar-refractivity contribution is 5.80. The van der Waals surface area contributed by atoms with Crippen LogP contribution in [0.15, 0.2) is 0 Å². The standard InChI is InChI=1S/C8H14O2/c1-5-4-8(6(2)9)10-7(5)3/h5,7-8H,4H2,1-3H3. The Morgan fingerprint density at radius 3 is 2.30 bits per heavy atom. The maximum Gasteiger partial charge on any atom is 0.158 e. The summed E-state index contributed by atoms with van der Waals surface area (Å²) in [5.74, 6) is 0.699. The minimum atomic E-state index is -0.120. The van der Waals surface area contributed by atoms with Crippen LogP contribution in [0.5, 0.6) is 0 Å². The molecule has 0 aromatic heterocycles. The van der Waals surface area contributed by atoms with Crippen LogP contribution >= 0.6 is 0 Å². The molecule has 58 valence electrons. The first-order valence-electron chi connectivity index (χ1n) is 3.77. The van der Waals surface area contributed by atoms with Gasteiger partial charge in [0.2, 0.25) is 0 Å². The van der Waals surface area contributed by atoms with E-state index in [1.807, 2.05) is 6.92 Å². The Labute approximate surface area is 61.6 Å². The van der Waals surface area contributed by atoms with Crippen LogP contribution < -0.4 is 0 Å². The van der Waals surface area contributed by atoms with Crippen LogP contribution in [0.1, 0.15) is 27.2 Å². The highest BCUT2D eigenvalue weighted by Gasteiger charge is 2.31. The maximum absolute atomic E-state index is 10.8. The Kier molecular flexibility index (Phi) is 2.09. The summed E-state index contributed by atoms with van der Waals surface area (Å²) in [4.78, 5) is 10.8. The molecule has 3 atom stereocenters. The molecule has 0 amide bonds. The van der Waals surface area contributed by atoms with Gasteiger partial charge in [-0.25, -0.2) is 0 Å². The van der Waals surface area contributed by atoms with E-state index in [9.17, 15) is 4.79 Å². The normalized spacial score (nSPS) is 40.1. The van der Waals surface area contributed by atoms with E-state index in [-0.39, 0.29) is 18.0 Å². The average molecular weight is 142 g/mol. The predicted octanol–water partition coefficient (Wildman–Crippen LogP) is 1.39. The van der Waals surface area contributed by atoms with E-state index >= 15 is 0 Å². The second-order valence-electron chi connectivity index (χ2n) is 3.15. The summed E-state index contributed by atoms with van der Waals surface area (Å²) in [6, 6.07) is 0. The molecule has 2 nitrogen and oxygen atoms in total. The van der Waals surface area contributed by atoms with E-state index in [0.717, 1.165) is 6.42 Å². The van der Waals surface area contributed by atoms with Crippen LogP contribution in [0.3, 0.4) is 0 Å². The third-order valence-corrected chi connectivity index (χ3v) is 2.22. The molecule has 1 aliphatic rings. The van der Waals surface area contributed by atoms with Crippen molar-refractivity contribution in [2.24, 2.45) is 5.92 Å². The van der Waals surface area contributed by atoms with E-state index in [0.29, 0.717) is 5.92 Å². The second kappa shape index (κ2) is 2.70. The van der Waals surface area contributed by atoms with Crippen molar-refractivity contribution in [1.29, 1.82) is 0 Å². The molecule has 1 saturated heterocycles. The van der Waals surface area contributed by atoms with Crippen molar-refractivity contribution in [2.45, 2.75) is 39.4 Å². The fourth-order valence-electron chi connectivity index (χ4n) is 1.24. The lowest BCUT2D eigenvalue weighted by Gasteiger charge is -2.06. The van der Waals surface area contributed by atoms with Gasteiger partial charge in [0.1, 0.15) is 6.10 Å². The lowest BCUT2D eigenvalue weighted by Crippen LogP contribution is -2.16. The first kappa shape index (κ1) is 7.73. The molecule has 3 unspecified atom stereocenters. The molecular weight excluding hydrogens is 128 g/mol. The second-order valence-corrected chi connectivity index (χ2v) is 3.15. The van der Waals surface area contributed by atoms with Crippen molar-refractivity contribution in [3.8, 4) is 0 Å². The van der Waals surface area contributed by atoms with Gasteiger partial charge in [-0.1, -0.05) is 6.92 Å². The van der Waals surface area contributed by atoms with Gasteiger partial charge in [0.05, 0.1) is 6.10 Å². The number of hydrogen-bond acceptors (Lipinski definition) is 2. The van der Waals surface area contributed by atoms with Gasteiger partial charge in [0.25, 0.3) is 0 Å². The maximum atomic E-state index is 10.8. The Balaban J connectivity index is 2.49. The summed E-state index contributed by atoms with van der Waals surface area (Å²) in [6.07, 6.45) is 1.04. The smallest absolute Gasteiger partial charge is 0.158 e. The van der Waals surface area contributed by atoms with E-state index in [1.54, 1.807) is 6.92 Å². The Bertz CT molecular complexity index is 132. The number of carbonyl (C=O) groups excluding carboxylic acids is 1. The largest absolute Gasteiger partial charge is 0.367 e. The molecule has 0 saturated carbocycles. The van der Waals surface area contributed by atoms with Gasteiger partial charge < -0.3 is 4.74 Å². The Morgan fingerprint density at radius 1 is 1.50 bits per heavy atom. The van der Waals surface area contributed by atoms with Crippen molar-refractivity contribution in [3.63, 3.8) is 0 Å². The summed E-state index contributed by atoms with van der Waals surface area (Å²) in [7, 11) is 0. The van der Waals surface area contributed by atoms with Crippen LogP contribution in [0.25, 0.3) is 0 Å². The summed E-state index contributed by atoms with van der Waals surface area (Å²) >= 11 is 0. The Hall–Kier alpha value is -0.370. The third-order valence-electron chi connectivity index (χ3n) is 2.22. The van der Waals surface area contributed by atoms with Gasteiger partial charge in [-0.2, -0.15) is 0 Å². The SMILES string of the molecule is CC(=O)C1CC(C)C(C)O1. The molecule has 0 aliphatic carbocycles. The van der Waals surface area contributed by atoms with Crippen molar-refractivity contribution >= 4 is 5.78 Å². The van der Waals surface area contributed by atoms with E-state index in [1.165, 1.54) is 0 Å². The molecule has 0 aromatic rings. The van der Waals surface area contributed by atoms with Gasteiger partial charge in [-0.15, -0.1) is 0 Å². The molecule has 0 radical (unpaired) electrons. The van der Waals surface area contributed by atoms with Gasteiger partial charge >= 0.3 is 0 Å². The molecule has 2 heteroatoms. The molecule has 10 heavy (non-hydrogen) atoms. The predicted molar refractivity (Wildman–Crippen MR) is 38.8 cm³/mol. The number of ketones is 1. The number of rotatable bonds is 1. The zero-order valence-corrected chi connectivity index (χ0v) is 6.76.